The maximum Gasteiger partial charge on any atom is 0.337 e. The number of fused-ring (bicyclic) bond motifs is 1. The van der Waals surface area contributed by atoms with E-state index in [0.29, 0.717) is 47.0 Å². The summed E-state index contributed by atoms with van der Waals surface area (Å²) in [7, 11) is 0. The maximum atomic E-state index is 13.3. The standard InChI is InChI=1S/C21H17ClFN7O2/c1-11(24-7-12-2-5-16(23)15(22)6-12)17-18-19(28-10-27-17)20(30-29-18)26-9-14-4-3-13(8-25-14)21(31)32/h2-6,8,10,24H,1,7,9H2,(H,31,32)(H2,26,29,30). The Morgan fingerprint density at radius 1 is 1.19 bits per heavy atom. The smallest absolute Gasteiger partial charge is 0.337 e. The number of hydrogen-bond donors (Lipinski definition) is 4. The van der Waals surface area contributed by atoms with Gasteiger partial charge in [-0.05, 0) is 29.8 Å². The lowest BCUT2D eigenvalue weighted by Gasteiger charge is -2.10. The van der Waals surface area contributed by atoms with Crippen LogP contribution in [0.2, 0.25) is 5.02 Å². The molecule has 0 unspecified atom stereocenters. The van der Waals surface area contributed by atoms with Crippen LogP contribution < -0.4 is 10.6 Å². The van der Waals surface area contributed by atoms with Gasteiger partial charge in [-0.15, -0.1) is 0 Å². The lowest BCUT2D eigenvalue weighted by molar-refractivity contribution is 0.0696. The number of anilines is 1. The van der Waals surface area contributed by atoms with E-state index < -0.39 is 11.8 Å². The van der Waals surface area contributed by atoms with Crippen molar-refractivity contribution in [2.24, 2.45) is 0 Å². The number of carboxylic acid groups (broad SMARTS) is 1. The van der Waals surface area contributed by atoms with E-state index in [2.05, 4.69) is 42.4 Å². The summed E-state index contributed by atoms with van der Waals surface area (Å²) in [6.45, 7) is 4.72. The van der Waals surface area contributed by atoms with Gasteiger partial charge < -0.3 is 15.7 Å². The van der Waals surface area contributed by atoms with Crippen molar-refractivity contribution in [3.05, 3.63) is 82.8 Å². The molecule has 0 saturated heterocycles. The molecule has 3 aromatic heterocycles. The van der Waals surface area contributed by atoms with Crippen molar-refractivity contribution < 1.29 is 14.3 Å². The van der Waals surface area contributed by atoms with Gasteiger partial charge in [-0.3, -0.25) is 10.1 Å². The van der Waals surface area contributed by atoms with Crippen molar-refractivity contribution >= 4 is 40.1 Å². The number of hydrogen-bond acceptors (Lipinski definition) is 7. The molecule has 0 radical (unpaired) electrons. The number of aromatic nitrogens is 5. The maximum absolute atomic E-state index is 13.3. The monoisotopic (exact) mass is 453 g/mol. The molecule has 4 aromatic rings. The third-order valence-electron chi connectivity index (χ3n) is 4.64. The fourth-order valence-electron chi connectivity index (χ4n) is 2.96. The highest BCUT2D eigenvalue weighted by Gasteiger charge is 2.14. The molecule has 0 aliphatic heterocycles. The number of nitrogens with zero attached hydrogens (tertiary/aromatic N) is 4. The molecule has 9 nitrogen and oxygen atoms in total. The van der Waals surface area contributed by atoms with Crippen LogP contribution in [0.4, 0.5) is 10.2 Å². The van der Waals surface area contributed by atoms with Gasteiger partial charge in [0.2, 0.25) is 0 Å². The van der Waals surface area contributed by atoms with Gasteiger partial charge in [-0.25, -0.2) is 19.2 Å². The van der Waals surface area contributed by atoms with Gasteiger partial charge in [-0.1, -0.05) is 24.2 Å². The summed E-state index contributed by atoms with van der Waals surface area (Å²) in [4.78, 5) is 23.6. The number of carboxylic acids is 1. The van der Waals surface area contributed by atoms with Crippen LogP contribution in [0.1, 0.15) is 27.3 Å². The molecule has 0 amide bonds. The van der Waals surface area contributed by atoms with E-state index in [0.717, 1.165) is 5.56 Å². The second-order valence-electron chi connectivity index (χ2n) is 6.80. The molecule has 0 fully saturated rings. The van der Waals surface area contributed by atoms with Crippen molar-refractivity contribution in [1.82, 2.24) is 30.5 Å². The van der Waals surface area contributed by atoms with Crippen molar-refractivity contribution in [3.63, 3.8) is 0 Å². The van der Waals surface area contributed by atoms with Crippen LogP contribution in [0.15, 0.2) is 49.4 Å². The first-order chi connectivity index (χ1) is 15.4. The Morgan fingerprint density at radius 3 is 2.75 bits per heavy atom. The Hall–Kier alpha value is -4.05. The summed E-state index contributed by atoms with van der Waals surface area (Å²) in [6, 6.07) is 7.59. The first kappa shape index (κ1) is 21.2. The predicted molar refractivity (Wildman–Crippen MR) is 117 cm³/mol. The molecule has 0 saturated carbocycles. The van der Waals surface area contributed by atoms with Gasteiger partial charge in [0.1, 0.15) is 28.9 Å². The van der Waals surface area contributed by atoms with E-state index in [1.807, 2.05) is 0 Å². The third-order valence-corrected chi connectivity index (χ3v) is 4.93. The lowest BCUT2D eigenvalue weighted by Crippen LogP contribution is -2.12. The van der Waals surface area contributed by atoms with Gasteiger partial charge in [-0.2, -0.15) is 5.10 Å². The number of halogens is 2. The number of H-pyrrole nitrogens is 1. The molecule has 4 N–H and O–H groups in total. The lowest BCUT2D eigenvalue weighted by atomic mass is 10.2. The van der Waals surface area contributed by atoms with E-state index in [-0.39, 0.29) is 10.6 Å². The van der Waals surface area contributed by atoms with Crippen molar-refractivity contribution in [3.8, 4) is 0 Å². The fourth-order valence-corrected chi connectivity index (χ4v) is 3.16. The number of benzene rings is 1. The average molecular weight is 454 g/mol. The Morgan fingerprint density at radius 2 is 2.03 bits per heavy atom. The van der Waals surface area contributed by atoms with Crippen LogP contribution in [-0.2, 0) is 13.1 Å². The third kappa shape index (κ3) is 4.49. The van der Waals surface area contributed by atoms with Gasteiger partial charge in [0, 0.05) is 12.7 Å². The molecule has 0 atom stereocenters. The second-order valence-corrected chi connectivity index (χ2v) is 7.20. The van der Waals surface area contributed by atoms with E-state index in [1.54, 1.807) is 18.2 Å². The first-order valence-corrected chi connectivity index (χ1v) is 9.78. The molecule has 0 bridgehead atoms. The Kier molecular flexibility index (Phi) is 5.95. The Balaban J connectivity index is 1.46. The van der Waals surface area contributed by atoms with Crippen LogP contribution in [0.3, 0.4) is 0 Å². The van der Waals surface area contributed by atoms with Crippen molar-refractivity contribution in [2.75, 3.05) is 5.32 Å². The van der Waals surface area contributed by atoms with Crippen LogP contribution in [0.5, 0.6) is 0 Å². The molecule has 32 heavy (non-hydrogen) atoms. The Labute approximate surface area is 186 Å². The molecular formula is C21H17ClFN7O2. The number of aromatic carboxylic acids is 1. The highest BCUT2D eigenvalue weighted by Crippen LogP contribution is 2.23. The summed E-state index contributed by atoms with van der Waals surface area (Å²) in [5.74, 6) is -1.01. The van der Waals surface area contributed by atoms with E-state index in [4.69, 9.17) is 16.7 Å². The normalized spacial score (nSPS) is 10.8. The van der Waals surface area contributed by atoms with Gasteiger partial charge in [0.15, 0.2) is 5.82 Å². The molecule has 4 rings (SSSR count). The highest BCUT2D eigenvalue weighted by molar-refractivity contribution is 6.30. The number of rotatable bonds is 8. The summed E-state index contributed by atoms with van der Waals surface area (Å²) in [5.41, 5.74) is 3.75. The fraction of sp³-hybridized carbons (Fsp3) is 0.0952. The molecule has 0 spiro atoms. The summed E-state index contributed by atoms with van der Waals surface area (Å²) in [5, 5.41) is 22.4. The van der Waals surface area contributed by atoms with E-state index >= 15 is 0 Å². The van der Waals surface area contributed by atoms with Gasteiger partial charge >= 0.3 is 5.97 Å². The minimum Gasteiger partial charge on any atom is -0.478 e. The second kappa shape index (κ2) is 8.98. The number of carbonyl (C=O) groups is 1. The van der Waals surface area contributed by atoms with Crippen LogP contribution in [0, 0.1) is 5.82 Å². The largest absolute Gasteiger partial charge is 0.478 e. The zero-order chi connectivity index (χ0) is 22.7. The molecule has 3 heterocycles. The average Bonchev–Trinajstić information content (AvgIpc) is 3.21. The molecule has 1 aromatic carbocycles. The van der Waals surface area contributed by atoms with Gasteiger partial charge in [0.25, 0.3) is 0 Å². The first-order valence-electron chi connectivity index (χ1n) is 9.40. The van der Waals surface area contributed by atoms with Crippen LogP contribution in [-0.4, -0.2) is 36.2 Å². The van der Waals surface area contributed by atoms with Crippen LogP contribution >= 0.6 is 11.6 Å². The topological polar surface area (TPSA) is 129 Å². The predicted octanol–water partition coefficient (Wildman–Crippen LogP) is 3.61. The summed E-state index contributed by atoms with van der Waals surface area (Å²) >= 11 is 5.83. The summed E-state index contributed by atoms with van der Waals surface area (Å²) in [6.07, 6.45) is 2.70. The summed E-state index contributed by atoms with van der Waals surface area (Å²) < 4.78 is 13.3. The zero-order valence-electron chi connectivity index (χ0n) is 16.6. The molecule has 11 heteroatoms. The molecule has 162 valence electrons. The molecule has 0 aliphatic rings. The Bertz CT molecular complexity index is 1310. The zero-order valence-corrected chi connectivity index (χ0v) is 17.3. The van der Waals surface area contributed by atoms with Crippen molar-refractivity contribution in [1.29, 1.82) is 0 Å². The molecular weight excluding hydrogens is 437 g/mol. The van der Waals surface area contributed by atoms with Crippen LogP contribution in [0.25, 0.3) is 16.7 Å². The number of nitrogens with one attached hydrogen (secondary N) is 3. The molecule has 0 aliphatic carbocycles. The SMILES string of the molecule is C=C(NCc1ccc(F)c(Cl)c1)c1ncnc2c(NCc3ccc(C(=O)O)cn3)n[nH]c12. The number of aromatic amines is 1. The van der Waals surface area contributed by atoms with E-state index in [9.17, 15) is 9.18 Å². The highest BCUT2D eigenvalue weighted by atomic mass is 35.5. The quantitative estimate of drug-likeness (QED) is 0.318. The van der Waals surface area contributed by atoms with Crippen molar-refractivity contribution in [2.45, 2.75) is 13.1 Å². The van der Waals surface area contributed by atoms with Gasteiger partial charge in [0.05, 0.1) is 28.5 Å². The minimum atomic E-state index is -1.03. The number of pyridine rings is 1. The van der Waals surface area contributed by atoms with E-state index in [1.165, 1.54) is 24.7 Å². The minimum absolute atomic E-state index is 0.0516.